The first kappa shape index (κ1) is 32.8. The summed E-state index contributed by atoms with van der Waals surface area (Å²) in [5.74, 6) is -0.708. The molecular formula is C32H47N3O5. The third-order valence-corrected chi connectivity index (χ3v) is 6.49. The number of aryl methyl sites for hydroxylation is 1. The number of carbonyl (C=O) groups is 3. The van der Waals surface area contributed by atoms with E-state index < -0.39 is 29.7 Å². The Kier molecular flexibility index (Phi) is 14.2. The summed E-state index contributed by atoms with van der Waals surface area (Å²) in [6.07, 6.45) is 5.66. The second-order valence-electron chi connectivity index (χ2n) is 11.2. The van der Waals surface area contributed by atoms with Crippen molar-refractivity contribution in [3.05, 3.63) is 71.3 Å². The molecule has 0 aromatic heterocycles. The van der Waals surface area contributed by atoms with Crippen LogP contribution in [0.15, 0.2) is 54.6 Å². The van der Waals surface area contributed by atoms with Crippen LogP contribution in [-0.4, -0.2) is 53.9 Å². The van der Waals surface area contributed by atoms with E-state index in [1.54, 1.807) is 20.8 Å². The van der Waals surface area contributed by atoms with Gasteiger partial charge >= 0.3 is 6.09 Å². The van der Waals surface area contributed by atoms with E-state index >= 15 is 0 Å². The summed E-state index contributed by atoms with van der Waals surface area (Å²) in [4.78, 5) is 39.5. The van der Waals surface area contributed by atoms with E-state index in [9.17, 15) is 14.4 Å². The van der Waals surface area contributed by atoms with Crippen molar-refractivity contribution < 1.29 is 24.2 Å². The molecule has 2 aromatic rings. The van der Waals surface area contributed by atoms with Gasteiger partial charge in [-0.25, -0.2) is 4.79 Å². The normalized spacial score (nSPS) is 12.7. The summed E-state index contributed by atoms with van der Waals surface area (Å²) < 4.78 is 5.41. The second kappa shape index (κ2) is 17.3. The molecule has 0 radical (unpaired) electrons. The summed E-state index contributed by atoms with van der Waals surface area (Å²) in [7, 11) is 0. The van der Waals surface area contributed by atoms with Crippen LogP contribution in [0.4, 0.5) is 4.79 Å². The maximum atomic E-state index is 13.6. The first-order valence-corrected chi connectivity index (χ1v) is 14.4. The van der Waals surface area contributed by atoms with E-state index in [1.807, 2.05) is 61.5 Å². The summed E-state index contributed by atoms with van der Waals surface area (Å²) in [6.45, 7) is 8.00. The third kappa shape index (κ3) is 13.1. The molecule has 4 N–H and O–H groups in total. The van der Waals surface area contributed by atoms with Crippen molar-refractivity contribution in [2.45, 2.75) is 96.7 Å². The molecule has 8 heteroatoms. The van der Waals surface area contributed by atoms with Crippen LogP contribution in [0.3, 0.4) is 0 Å². The maximum absolute atomic E-state index is 13.6. The van der Waals surface area contributed by atoms with E-state index in [0.29, 0.717) is 13.0 Å². The third-order valence-electron chi connectivity index (χ3n) is 6.49. The van der Waals surface area contributed by atoms with Crippen LogP contribution in [-0.2, 0) is 27.2 Å². The number of amides is 3. The Morgan fingerprint density at radius 3 is 2.02 bits per heavy atom. The van der Waals surface area contributed by atoms with Gasteiger partial charge < -0.3 is 25.8 Å². The number of nitrogens with one attached hydrogen (secondary N) is 3. The van der Waals surface area contributed by atoms with Gasteiger partial charge in [-0.3, -0.25) is 9.59 Å². The lowest BCUT2D eigenvalue weighted by molar-refractivity contribution is -0.130. The fourth-order valence-corrected chi connectivity index (χ4v) is 4.33. The molecule has 3 amide bonds. The summed E-state index contributed by atoms with van der Waals surface area (Å²) in [5.41, 5.74) is 2.15. The minimum Gasteiger partial charge on any atom is -0.444 e. The highest BCUT2D eigenvalue weighted by molar-refractivity contribution is 5.91. The topological polar surface area (TPSA) is 117 Å². The number of carbonyl (C=O) groups excluding carboxylic acids is 3. The number of hydrogen-bond donors (Lipinski definition) is 4. The SMILES string of the molecule is Cc1ccccc1C[C@@H](NC(=O)[C@H](Cc1ccccc1)NC(=O)OC(C)(C)C)C(=O)NCCCCCCCCO. The monoisotopic (exact) mass is 553 g/mol. The van der Waals surface area contributed by atoms with Gasteiger partial charge in [0.1, 0.15) is 17.7 Å². The molecule has 0 saturated heterocycles. The number of aliphatic hydroxyl groups excluding tert-OH is 1. The van der Waals surface area contributed by atoms with E-state index in [1.165, 1.54) is 0 Å². The van der Waals surface area contributed by atoms with Gasteiger partial charge in [0.2, 0.25) is 11.8 Å². The Hall–Kier alpha value is -3.39. The highest BCUT2D eigenvalue weighted by Crippen LogP contribution is 2.12. The van der Waals surface area contributed by atoms with Crippen LogP contribution < -0.4 is 16.0 Å². The Morgan fingerprint density at radius 2 is 1.38 bits per heavy atom. The lowest BCUT2D eigenvalue weighted by atomic mass is 9.99. The molecule has 2 atom stereocenters. The quantitative estimate of drug-likeness (QED) is 0.227. The lowest BCUT2D eigenvalue weighted by Crippen LogP contribution is -2.55. The fraction of sp³-hybridized carbons (Fsp3) is 0.531. The molecule has 0 heterocycles. The number of ether oxygens (including phenoxy) is 1. The molecule has 220 valence electrons. The van der Waals surface area contributed by atoms with Crippen LogP contribution in [0.1, 0.15) is 76.0 Å². The van der Waals surface area contributed by atoms with Crippen molar-refractivity contribution in [1.29, 1.82) is 0 Å². The lowest BCUT2D eigenvalue weighted by Gasteiger charge is -2.25. The van der Waals surface area contributed by atoms with Gasteiger partial charge in [0.05, 0.1) is 0 Å². The fourth-order valence-electron chi connectivity index (χ4n) is 4.33. The van der Waals surface area contributed by atoms with Crippen molar-refractivity contribution in [2.75, 3.05) is 13.2 Å². The van der Waals surface area contributed by atoms with Crippen molar-refractivity contribution in [3.8, 4) is 0 Å². The molecule has 0 aliphatic carbocycles. The van der Waals surface area contributed by atoms with E-state index in [0.717, 1.165) is 55.2 Å². The van der Waals surface area contributed by atoms with Gasteiger partial charge in [0.15, 0.2) is 0 Å². The largest absolute Gasteiger partial charge is 0.444 e. The molecular weight excluding hydrogens is 506 g/mol. The predicted octanol–water partition coefficient (Wildman–Crippen LogP) is 4.61. The van der Waals surface area contributed by atoms with Crippen molar-refractivity contribution in [2.24, 2.45) is 0 Å². The number of alkyl carbamates (subject to hydrolysis) is 1. The molecule has 2 rings (SSSR count). The number of aliphatic hydroxyl groups is 1. The number of unbranched alkanes of at least 4 members (excludes halogenated alkanes) is 5. The zero-order valence-electron chi connectivity index (χ0n) is 24.5. The van der Waals surface area contributed by atoms with E-state index in [-0.39, 0.29) is 18.9 Å². The highest BCUT2D eigenvalue weighted by atomic mass is 16.6. The Labute approximate surface area is 239 Å². The van der Waals surface area contributed by atoms with Gasteiger partial charge in [-0.1, -0.05) is 80.3 Å². The smallest absolute Gasteiger partial charge is 0.408 e. The average Bonchev–Trinajstić information content (AvgIpc) is 2.90. The molecule has 0 fully saturated rings. The molecule has 0 aliphatic heterocycles. The molecule has 40 heavy (non-hydrogen) atoms. The van der Waals surface area contributed by atoms with Crippen molar-refractivity contribution in [1.82, 2.24) is 16.0 Å². The van der Waals surface area contributed by atoms with Crippen molar-refractivity contribution in [3.63, 3.8) is 0 Å². The van der Waals surface area contributed by atoms with Crippen LogP contribution in [0.2, 0.25) is 0 Å². The molecule has 0 spiro atoms. The van der Waals surface area contributed by atoms with Crippen LogP contribution in [0.25, 0.3) is 0 Å². The maximum Gasteiger partial charge on any atom is 0.408 e. The molecule has 8 nitrogen and oxygen atoms in total. The van der Waals surface area contributed by atoms with Gasteiger partial charge in [-0.15, -0.1) is 0 Å². The summed E-state index contributed by atoms with van der Waals surface area (Å²) in [6, 6.07) is 15.5. The highest BCUT2D eigenvalue weighted by Gasteiger charge is 2.29. The molecule has 0 aliphatic rings. The van der Waals surface area contributed by atoms with Crippen molar-refractivity contribution >= 4 is 17.9 Å². The predicted molar refractivity (Wildman–Crippen MR) is 158 cm³/mol. The molecule has 2 aromatic carbocycles. The second-order valence-corrected chi connectivity index (χ2v) is 11.2. The van der Waals surface area contributed by atoms with Crippen LogP contribution in [0.5, 0.6) is 0 Å². The minimum absolute atomic E-state index is 0.226. The molecule has 0 bridgehead atoms. The van der Waals surface area contributed by atoms with Crippen LogP contribution >= 0.6 is 0 Å². The van der Waals surface area contributed by atoms with Gasteiger partial charge in [0.25, 0.3) is 0 Å². The number of rotatable bonds is 16. The van der Waals surface area contributed by atoms with Gasteiger partial charge in [-0.05, 0) is 57.2 Å². The molecule has 0 saturated carbocycles. The first-order valence-electron chi connectivity index (χ1n) is 14.4. The average molecular weight is 554 g/mol. The Bertz CT molecular complexity index is 1050. The van der Waals surface area contributed by atoms with Gasteiger partial charge in [-0.2, -0.15) is 0 Å². The Morgan fingerprint density at radius 1 is 0.775 bits per heavy atom. The molecule has 0 unspecified atom stereocenters. The zero-order chi connectivity index (χ0) is 29.4. The standard InChI is InChI=1S/C32H47N3O5/c1-24-16-12-13-19-26(24)23-28(29(37)33-20-14-7-5-6-8-15-21-36)34-30(38)27(22-25-17-10-9-11-18-25)35-31(39)40-32(2,3)4/h9-13,16-19,27-28,36H,5-8,14-15,20-23H2,1-4H3,(H,33,37)(H,34,38)(H,35,39)/t27-,28+/m0/s1. The zero-order valence-corrected chi connectivity index (χ0v) is 24.5. The minimum atomic E-state index is -0.927. The van der Waals surface area contributed by atoms with E-state index in [4.69, 9.17) is 9.84 Å². The number of hydrogen-bond acceptors (Lipinski definition) is 5. The van der Waals surface area contributed by atoms with Gasteiger partial charge in [0, 0.05) is 26.0 Å². The number of benzene rings is 2. The van der Waals surface area contributed by atoms with Crippen LogP contribution in [0, 0.1) is 6.92 Å². The summed E-state index contributed by atoms with van der Waals surface area (Å²) in [5, 5.41) is 17.5. The van der Waals surface area contributed by atoms with E-state index in [2.05, 4.69) is 16.0 Å². The first-order chi connectivity index (χ1) is 19.1. The summed E-state index contributed by atoms with van der Waals surface area (Å²) >= 11 is 0. The Balaban J connectivity index is 2.12.